The molecule has 92 valence electrons. The van der Waals surface area contributed by atoms with E-state index in [2.05, 4.69) is 10.6 Å². The molecule has 16 heavy (non-hydrogen) atoms. The highest BCUT2D eigenvalue weighted by Crippen LogP contribution is 2.24. The predicted octanol–water partition coefficient (Wildman–Crippen LogP) is 0.263. The second-order valence-electron chi connectivity index (χ2n) is 5.05. The Kier molecular flexibility index (Phi) is 4.18. The first-order valence-corrected chi connectivity index (χ1v) is 6.44. The zero-order chi connectivity index (χ0) is 11.4. The van der Waals surface area contributed by atoms with Gasteiger partial charge in [-0.2, -0.15) is 0 Å². The molecule has 1 amide bonds. The van der Waals surface area contributed by atoms with E-state index in [0.29, 0.717) is 6.54 Å². The third kappa shape index (κ3) is 2.95. The topological polar surface area (TPSA) is 61.4 Å². The summed E-state index contributed by atoms with van der Waals surface area (Å²) in [6.07, 6.45) is 4.91. The van der Waals surface area contributed by atoms with Gasteiger partial charge in [0.25, 0.3) is 0 Å². The fourth-order valence-electron chi connectivity index (χ4n) is 2.71. The quantitative estimate of drug-likeness (QED) is 0.647. The van der Waals surface area contributed by atoms with E-state index in [1.165, 1.54) is 0 Å². The first-order chi connectivity index (χ1) is 7.77. The highest BCUT2D eigenvalue weighted by Gasteiger charge is 2.27. The monoisotopic (exact) mass is 226 g/mol. The van der Waals surface area contributed by atoms with Crippen LogP contribution in [0.4, 0.5) is 0 Å². The second kappa shape index (κ2) is 5.64. The van der Waals surface area contributed by atoms with Gasteiger partial charge >= 0.3 is 0 Å². The maximum atomic E-state index is 11.8. The molecule has 1 saturated carbocycles. The molecule has 1 heterocycles. The maximum absolute atomic E-state index is 11.8. The van der Waals surface area contributed by atoms with Crippen molar-refractivity contribution in [2.45, 2.75) is 38.2 Å². The molecule has 1 saturated heterocycles. The van der Waals surface area contributed by atoms with Crippen molar-refractivity contribution in [3.8, 4) is 0 Å². The predicted molar refractivity (Wildman–Crippen MR) is 62.0 cm³/mol. The molecule has 4 heteroatoms. The van der Waals surface area contributed by atoms with Crippen LogP contribution >= 0.6 is 0 Å². The smallest absolute Gasteiger partial charge is 0.224 e. The fourth-order valence-corrected chi connectivity index (χ4v) is 2.71. The van der Waals surface area contributed by atoms with E-state index in [1.54, 1.807) is 0 Å². The van der Waals surface area contributed by atoms with E-state index < -0.39 is 0 Å². The van der Waals surface area contributed by atoms with Crippen molar-refractivity contribution in [2.75, 3.05) is 19.6 Å². The lowest BCUT2D eigenvalue weighted by molar-refractivity contribution is -0.125. The van der Waals surface area contributed by atoms with E-state index >= 15 is 0 Å². The molecule has 2 aliphatic rings. The molecule has 0 aromatic rings. The van der Waals surface area contributed by atoms with Crippen molar-refractivity contribution < 1.29 is 9.90 Å². The van der Waals surface area contributed by atoms with Crippen LogP contribution in [0.25, 0.3) is 0 Å². The lowest BCUT2D eigenvalue weighted by atomic mass is 9.98. The summed E-state index contributed by atoms with van der Waals surface area (Å²) in [7, 11) is 0. The van der Waals surface area contributed by atoms with Crippen LogP contribution in [0.2, 0.25) is 0 Å². The number of amides is 1. The molecule has 0 aromatic heterocycles. The van der Waals surface area contributed by atoms with Gasteiger partial charge in [0.1, 0.15) is 0 Å². The third-order valence-electron chi connectivity index (χ3n) is 3.83. The van der Waals surface area contributed by atoms with Crippen LogP contribution in [0.15, 0.2) is 0 Å². The molecular formula is C12H22N2O2. The number of aliphatic hydroxyl groups excluding tert-OH is 1. The number of piperidine rings is 1. The Bertz CT molecular complexity index is 239. The first-order valence-electron chi connectivity index (χ1n) is 6.44. The number of nitrogens with one attached hydrogen (secondary N) is 2. The van der Waals surface area contributed by atoms with E-state index in [-0.39, 0.29) is 23.8 Å². The SMILES string of the molecule is O=C(NCC1CCCC1O)C1CCCNC1. The molecule has 0 aromatic carbocycles. The molecule has 1 aliphatic heterocycles. The second-order valence-corrected chi connectivity index (χ2v) is 5.05. The van der Waals surface area contributed by atoms with Gasteiger partial charge < -0.3 is 15.7 Å². The van der Waals surface area contributed by atoms with Gasteiger partial charge in [0.05, 0.1) is 12.0 Å². The lowest BCUT2D eigenvalue weighted by Gasteiger charge is -2.23. The number of hydrogen-bond acceptors (Lipinski definition) is 3. The van der Waals surface area contributed by atoms with E-state index in [4.69, 9.17) is 0 Å². The summed E-state index contributed by atoms with van der Waals surface area (Å²) in [5.41, 5.74) is 0. The van der Waals surface area contributed by atoms with Gasteiger partial charge in [-0.05, 0) is 32.2 Å². The normalized spacial score (nSPS) is 34.9. The molecular weight excluding hydrogens is 204 g/mol. The van der Waals surface area contributed by atoms with Gasteiger partial charge in [-0.3, -0.25) is 4.79 Å². The van der Waals surface area contributed by atoms with Crippen LogP contribution < -0.4 is 10.6 Å². The van der Waals surface area contributed by atoms with Crippen LogP contribution in [0.5, 0.6) is 0 Å². The Hall–Kier alpha value is -0.610. The molecule has 3 atom stereocenters. The lowest BCUT2D eigenvalue weighted by Crippen LogP contribution is -2.42. The van der Waals surface area contributed by atoms with E-state index in [9.17, 15) is 9.90 Å². The van der Waals surface area contributed by atoms with Crippen molar-refractivity contribution >= 4 is 5.91 Å². The first kappa shape index (κ1) is 11.9. The van der Waals surface area contributed by atoms with Crippen LogP contribution in [0.3, 0.4) is 0 Å². The van der Waals surface area contributed by atoms with Crippen LogP contribution in [0.1, 0.15) is 32.1 Å². The number of rotatable bonds is 3. The summed E-state index contributed by atoms with van der Waals surface area (Å²) in [5, 5.41) is 15.9. The Morgan fingerprint density at radius 3 is 2.81 bits per heavy atom. The van der Waals surface area contributed by atoms with Gasteiger partial charge in [0.2, 0.25) is 5.91 Å². The number of carbonyl (C=O) groups is 1. The summed E-state index contributed by atoms with van der Waals surface area (Å²) < 4.78 is 0. The number of hydrogen-bond donors (Lipinski definition) is 3. The van der Waals surface area contributed by atoms with Crippen molar-refractivity contribution in [3.05, 3.63) is 0 Å². The summed E-state index contributed by atoms with van der Waals surface area (Å²) in [6.45, 7) is 2.49. The molecule has 1 aliphatic carbocycles. The van der Waals surface area contributed by atoms with Crippen molar-refractivity contribution in [1.82, 2.24) is 10.6 Å². The molecule has 3 N–H and O–H groups in total. The number of carbonyl (C=O) groups excluding carboxylic acids is 1. The minimum absolute atomic E-state index is 0.132. The zero-order valence-electron chi connectivity index (χ0n) is 9.74. The van der Waals surface area contributed by atoms with Crippen molar-refractivity contribution in [2.24, 2.45) is 11.8 Å². The van der Waals surface area contributed by atoms with E-state index in [1.807, 2.05) is 0 Å². The Balaban J connectivity index is 1.70. The average Bonchev–Trinajstić information content (AvgIpc) is 2.73. The Labute approximate surface area is 96.8 Å². The van der Waals surface area contributed by atoms with Crippen LogP contribution in [0, 0.1) is 11.8 Å². The van der Waals surface area contributed by atoms with Crippen LogP contribution in [-0.2, 0) is 4.79 Å². The van der Waals surface area contributed by atoms with Gasteiger partial charge in [0.15, 0.2) is 0 Å². The van der Waals surface area contributed by atoms with Gasteiger partial charge in [-0.15, -0.1) is 0 Å². The Morgan fingerprint density at radius 1 is 1.31 bits per heavy atom. The fraction of sp³-hybridized carbons (Fsp3) is 0.917. The van der Waals surface area contributed by atoms with Crippen molar-refractivity contribution in [3.63, 3.8) is 0 Å². The standard InChI is InChI=1S/C12H22N2O2/c15-11-5-1-3-9(11)8-14-12(16)10-4-2-6-13-7-10/h9-11,13,15H,1-8H2,(H,14,16). The maximum Gasteiger partial charge on any atom is 0.224 e. The van der Waals surface area contributed by atoms with Gasteiger partial charge in [-0.1, -0.05) is 6.42 Å². The van der Waals surface area contributed by atoms with Gasteiger partial charge in [0, 0.05) is 19.0 Å². The molecule has 0 bridgehead atoms. The number of aliphatic hydroxyl groups is 1. The summed E-state index contributed by atoms with van der Waals surface area (Å²) in [4.78, 5) is 11.8. The highest BCUT2D eigenvalue weighted by molar-refractivity contribution is 5.78. The average molecular weight is 226 g/mol. The minimum Gasteiger partial charge on any atom is -0.393 e. The molecule has 3 unspecified atom stereocenters. The molecule has 4 nitrogen and oxygen atoms in total. The summed E-state index contributed by atoms with van der Waals surface area (Å²) in [6, 6.07) is 0. The molecule has 2 rings (SSSR count). The molecule has 2 fully saturated rings. The summed E-state index contributed by atoms with van der Waals surface area (Å²) in [5.74, 6) is 0.569. The third-order valence-corrected chi connectivity index (χ3v) is 3.83. The zero-order valence-corrected chi connectivity index (χ0v) is 9.74. The molecule has 0 radical (unpaired) electrons. The minimum atomic E-state index is -0.204. The van der Waals surface area contributed by atoms with Crippen LogP contribution in [-0.4, -0.2) is 36.8 Å². The van der Waals surface area contributed by atoms with Gasteiger partial charge in [-0.25, -0.2) is 0 Å². The largest absolute Gasteiger partial charge is 0.393 e. The molecule has 0 spiro atoms. The highest BCUT2D eigenvalue weighted by atomic mass is 16.3. The van der Waals surface area contributed by atoms with E-state index in [0.717, 1.165) is 45.2 Å². The van der Waals surface area contributed by atoms with Crippen molar-refractivity contribution in [1.29, 1.82) is 0 Å². The Morgan fingerprint density at radius 2 is 2.19 bits per heavy atom. The summed E-state index contributed by atoms with van der Waals surface area (Å²) >= 11 is 0.